The second-order valence-corrected chi connectivity index (χ2v) is 25.3. The Kier molecular flexibility index (Phi) is 47.4. The molecule has 19 nitrogen and oxygen atoms in total. The molecular weight excluding hydrogens is 1140 g/mol. The molecule has 0 aromatic carbocycles. The van der Waals surface area contributed by atoms with Crippen molar-refractivity contribution in [2.75, 3.05) is 26.4 Å². The van der Waals surface area contributed by atoms with Crippen LogP contribution < -0.4 is 5.32 Å². The average Bonchev–Trinajstić information content (AvgIpc) is 1.98. The van der Waals surface area contributed by atoms with Crippen molar-refractivity contribution in [1.29, 1.82) is 0 Å². The smallest absolute Gasteiger partial charge is 0.220 e. The number of ether oxygens (including phenoxy) is 6. The standard InChI is InChI=1S/C70H127NO18/c1-3-5-7-9-11-13-15-17-19-20-21-22-23-24-25-26-27-28-29-30-31-32-34-36-38-40-42-44-46-48-58(76)71-53(54(75)47-45-43-41-39-37-35-33-18-16-14-12-10-8-6-4-2)52-84-68-64(82)61(79)66(56(50-73)86-68)89-70-65(83)62(80)67(57(51-74)87-70)88-69-63(81)60(78)59(77)55(49-72)85-69/h16,18,20-21,37,39,45,47,53-57,59-70,72-75,77-83H,3-15,17,19,22-36,38,40-44,46,48-52H2,1-2H3,(H,71,76)/b18-16+,21-20-,39-37+,47-45+. The Morgan fingerprint density at radius 3 is 1.12 bits per heavy atom. The summed E-state index contributed by atoms with van der Waals surface area (Å²) in [5, 5.41) is 120. The number of unbranched alkanes of at least 4 members (excludes halogenated alkanes) is 32. The minimum absolute atomic E-state index is 0.234. The maximum absolute atomic E-state index is 13.4. The van der Waals surface area contributed by atoms with E-state index in [1.165, 1.54) is 180 Å². The Hall–Kier alpha value is -2.25. The number of carbonyl (C=O) groups is 1. The third-order valence-electron chi connectivity index (χ3n) is 17.6. The zero-order chi connectivity index (χ0) is 64.7. The summed E-state index contributed by atoms with van der Waals surface area (Å²) in [4.78, 5) is 13.4. The third-order valence-corrected chi connectivity index (χ3v) is 17.6. The molecule has 0 radical (unpaired) electrons. The van der Waals surface area contributed by atoms with E-state index in [0.717, 1.165) is 44.9 Å². The van der Waals surface area contributed by atoms with Gasteiger partial charge in [0.2, 0.25) is 5.91 Å². The van der Waals surface area contributed by atoms with E-state index < -0.39 is 124 Å². The zero-order valence-electron chi connectivity index (χ0n) is 54.9. The van der Waals surface area contributed by atoms with E-state index in [4.69, 9.17) is 28.4 Å². The van der Waals surface area contributed by atoms with E-state index in [1.807, 2.05) is 6.08 Å². The predicted molar refractivity (Wildman–Crippen MR) is 346 cm³/mol. The van der Waals surface area contributed by atoms with Crippen LogP contribution >= 0.6 is 0 Å². The molecule has 0 bridgehead atoms. The van der Waals surface area contributed by atoms with E-state index >= 15 is 0 Å². The molecule has 520 valence electrons. The Morgan fingerprint density at radius 2 is 0.719 bits per heavy atom. The van der Waals surface area contributed by atoms with Gasteiger partial charge in [0.15, 0.2) is 18.9 Å². The highest BCUT2D eigenvalue weighted by Gasteiger charge is 2.53. The molecule has 3 heterocycles. The molecule has 3 aliphatic heterocycles. The van der Waals surface area contributed by atoms with Crippen molar-refractivity contribution in [2.45, 2.75) is 362 Å². The van der Waals surface area contributed by atoms with Crippen LogP contribution in [0.2, 0.25) is 0 Å². The topological polar surface area (TPSA) is 307 Å². The summed E-state index contributed by atoms with van der Waals surface area (Å²) in [5.41, 5.74) is 0. The summed E-state index contributed by atoms with van der Waals surface area (Å²) >= 11 is 0. The minimum Gasteiger partial charge on any atom is -0.394 e. The second-order valence-electron chi connectivity index (χ2n) is 25.3. The lowest BCUT2D eigenvalue weighted by Crippen LogP contribution is -2.66. The monoisotopic (exact) mass is 1270 g/mol. The maximum Gasteiger partial charge on any atom is 0.220 e. The van der Waals surface area contributed by atoms with Gasteiger partial charge < -0.3 is 89.9 Å². The van der Waals surface area contributed by atoms with Crippen LogP contribution in [-0.2, 0) is 33.2 Å². The van der Waals surface area contributed by atoms with Gasteiger partial charge in [0.25, 0.3) is 0 Å². The van der Waals surface area contributed by atoms with E-state index in [-0.39, 0.29) is 18.9 Å². The normalized spacial score (nSPS) is 28.5. The van der Waals surface area contributed by atoms with Crippen molar-refractivity contribution in [1.82, 2.24) is 5.32 Å². The first-order chi connectivity index (χ1) is 43.3. The highest BCUT2D eigenvalue weighted by Crippen LogP contribution is 2.33. The van der Waals surface area contributed by atoms with Crippen LogP contribution in [0.15, 0.2) is 48.6 Å². The van der Waals surface area contributed by atoms with Crippen LogP contribution in [0, 0.1) is 0 Å². The lowest BCUT2D eigenvalue weighted by atomic mass is 9.96. The van der Waals surface area contributed by atoms with Gasteiger partial charge >= 0.3 is 0 Å². The third kappa shape index (κ3) is 34.1. The summed E-state index contributed by atoms with van der Waals surface area (Å²) in [7, 11) is 0. The molecule has 0 saturated carbocycles. The minimum atomic E-state index is -1.98. The highest BCUT2D eigenvalue weighted by atomic mass is 16.8. The fourth-order valence-electron chi connectivity index (χ4n) is 11.8. The molecule has 17 atom stereocenters. The zero-order valence-corrected chi connectivity index (χ0v) is 54.9. The largest absolute Gasteiger partial charge is 0.394 e. The lowest BCUT2D eigenvalue weighted by molar-refractivity contribution is -0.379. The number of allylic oxidation sites excluding steroid dienone is 7. The van der Waals surface area contributed by atoms with Crippen LogP contribution in [0.25, 0.3) is 0 Å². The van der Waals surface area contributed by atoms with Gasteiger partial charge in [-0.05, 0) is 70.6 Å². The molecule has 0 aromatic rings. The lowest BCUT2D eigenvalue weighted by Gasteiger charge is -2.48. The number of carbonyl (C=O) groups excluding carboxylic acids is 1. The van der Waals surface area contributed by atoms with Crippen LogP contribution in [0.5, 0.6) is 0 Å². The van der Waals surface area contributed by atoms with Crippen molar-refractivity contribution in [3.63, 3.8) is 0 Å². The van der Waals surface area contributed by atoms with Crippen LogP contribution in [-0.4, -0.2) is 193 Å². The van der Waals surface area contributed by atoms with Gasteiger partial charge in [0.05, 0.1) is 38.6 Å². The van der Waals surface area contributed by atoms with Gasteiger partial charge in [-0.15, -0.1) is 0 Å². The number of hydrogen-bond donors (Lipinski definition) is 12. The molecule has 0 aromatic heterocycles. The number of amides is 1. The molecular formula is C70H127NO18. The number of aliphatic hydroxyl groups excluding tert-OH is 11. The molecule has 12 N–H and O–H groups in total. The summed E-state index contributed by atoms with van der Waals surface area (Å²) < 4.78 is 34.3. The van der Waals surface area contributed by atoms with Gasteiger partial charge in [-0.1, -0.05) is 229 Å². The summed E-state index contributed by atoms with van der Waals surface area (Å²) in [5.74, 6) is -0.288. The fraction of sp³-hybridized carbons (Fsp3) is 0.871. The molecule has 19 heteroatoms. The van der Waals surface area contributed by atoms with Gasteiger partial charge in [-0.3, -0.25) is 4.79 Å². The van der Waals surface area contributed by atoms with Gasteiger partial charge in [0.1, 0.15) is 73.2 Å². The van der Waals surface area contributed by atoms with E-state index in [1.54, 1.807) is 6.08 Å². The Morgan fingerprint density at radius 1 is 0.393 bits per heavy atom. The van der Waals surface area contributed by atoms with Crippen molar-refractivity contribution in [2.24, 2.45) is 0 Å². The van der Waals surface area contributed by atoms with E-state index in [9.17, 15) is 61.0 Å². The molecule has 0 aliphatic carbocycles. The summed E-state index contributed by atoms with van der Waals surface area (Å²) in [6, 6.07) is -0.996. The van der Waals surface area contributed by atoms with Crippen LogP contribution in [0.1, 0.15) is 258 Å². The van der Waals surface area contributed by atoms with Gasteiger partial charge in [-0.2, -0.15) is 0 Å². The molecule has 89 heavy (non-hydrogen) atoms. The van der Waals surface area contributed by atoms with Gasteiger partial charge in [-0.25, -0.2) is 0 Å². The Bertz CT molecular complexity index is 1800. The number of nitrogens with one attached hydrogen (secondary N) is 1. The molecule has 3 aliphatic rings. The second kappa shape index (κ2) is 52.1. The predicted octanol–water partition coefficient (Wildman–Crippen LogP) is 9.39. The molecule has 17 unspecified atom stereocenters. The Labute approximate surface area is 535 Å². The first-order valence-electron chi connectivity index (χ1n) is 35.4. The van der Waals surface area contributed by atoms with E-state index in [2.05, 4.69) is 55.6 Å². The van der Waals surface area contributed by atoms with Crippen molar-refractivity contribution >= 4 is 5.91 Å². The van der Waals surface area contributed by atoms with Crippen LogP contribution in [0.4, 0.5) is 0 Å². The van der Waals surface area contributed by atoms with Gasteiger partial charge in [0, 0.05) is 6.42 Å². The molecule has 0 spiro atoms. The first-order valence-corrected chi connectivity index (χ1v) is 35.4. The SMILES string of the molecule is CCCCCCC/C=C/CC/C=C/CC/C=C/C(O)C(COC1OC(CO)C(OC2OC(CO)C(OC3OC(CO)C(O)C(O)C3O)C(O)C2O)C(O)C1O)NC(=O)CCCCCCCCCCCCCCCCCCC/C=C\CCCCCCCCCC. The van der Waals surface area contributed by atoms with Crippen molar-refractivity contribution < 1.29 is 89.4 Å². The number of rotatable bonds is 54. The average molecular weight is 1270 g/mol. The molecule has 3 saturated heterocycles. The number of aliphatic hydroxyl groups is 11. The van der Waals surface area contributed by atoms with Crippen molar-refractivity contribution in [3.05, 3.63) is 48.6 Å². The molecule has 3 fully saturated rings. The maximum atomic E-state index is 13.4. The fourth-order valence-corrected chi connectivity index (χ4v) is 11.8. The first kappa shape index (κ1) is 81.0. The quantitative estimate of drug-likeness (QED) is 0.0199. The number of hydrogen-bond acceptors (Lipinski definition) is 18. The molecule has 1 amide bonds. The molecule has 3 rings (SSSR count). The highest BCUT2D eigenvalue weighted by molar-refractivity contribution is 5.76. The Balaban J connectivity index is 1.40. The summed E-state index contributed by atoms with van der Waals surface area (Å²) in [6.07, 6.45) is 35.3. The summed E-state index contributed by atoms with van der Waals surface area (Å²) in [6.45, 7) is 1.70. The van der Waals surface area contributed by atoms with Crippen molar-refractivity contribution in [3.8, 4) is 0 Å². The van der Waals surface area contributed by atoms with E-state index in [0.29, 0.717) is 12.8 Å². The van der Waals surface area contributed by atoms with Crippen LogP contribution in [0.3, 0.4) is 0 Å².